The first kappa shape index (κ1) is 13.6. The van der Waals surface area contributed by atoms with Crippen LogP contribution in [0, 0.1) is 5.82 Å². The first-order chi connectivity index (χ1) is 9.22. The second-order valence-electron chi connectivity index (χ2n) is 4.56. The van der Waals surface area contributed by atoms with Crippen molar-refractivity contribution in [2.45, 2.75) is 18.9 Å². The number of para-hydroxylation sites is 1. The van der Waals surface area contributed by atoms with Gasteiger partial charge in [0, 0.05) is 11.3 Å². The lowest BCUT2D eigenvalue weighted by Gasteiger charge is -2.34. The Labute approximate surface area is 112 Å². The summed E-state index contributed by atoms with van der Waals surface area (Å²) >= 11 is 0. The molecule has 100 valence electrons. The van der Waals surface area contributed by atoms with Crippen molar-refractivity contribution >= 4 is 5.69 Å². The van der Waals surface area contributed by atoms with Crippen LogP contribution in [0.5, 0.6) is 0 Å². The molecule has 0 aliphatic carbocycles. The van der Waals surface area contributed by atoms with Crippen LogP contribution in [0.15, 0.2) is 54.6 Å². The molecule has 0 heterocycles. The van der Waals surface area contributed by atoms with Crippen molar-refractivity contribution in [3.63, 3.8) is 0 Å². The zero-order chi connectivity index (χ0) is 13.7. The molecule has 0 saturated heterocycles. The van der Waals surface area contributed by atoms with Crippen molar-refractivity contribution < 1.29 is 9.50 Å². The molecule has 0 saturated carbocycles. The SMILES string of the molecule is CCC(CO)(Nc1ccccc1)c1ccccc1F. The Bertz CT molecular complexity index is 523. The Morgan fingerprint density at radius 2 is 1.68 bits per heavy atom. The van der Waals surface area contributed by atoms with Crippen LogP contribution in [-0.4, -0.2) is 11.7 Å². The van der Waals surface area contributed by atoms with E-state index in [1.54, 1.807) is 18.2 Å². The van der Waals surface area contributed by atoms with Crippen molar-refractivity contribution in [3.8, 4) is 0 Å². The van der Waals surface area contributed by atoms with E-state index in [1.165, 1.54) is 6.07 Å². The van der Waals surface area contributed by atoms with E-state index in [0.717, 1.165) is 5.69 Å². The lowest BCUT2D eigenvalue weighted by atomic mass is 9.87. The third kappa shape index (κ3) is 2.76. The lowest BCUT2D eigenvalue weighted by Crippen LogP contribution is -2.39. The van der Waals surface area contributed by atoms with Gasteiger partial charge in [-0.1, -0.05) is 43.3 Å². The first-order valence-corrected chi connectivity index (χ1v) is 6.41. The number of halogens is 1. The van der Waals surface area contributed by atoms with Crippen LogP contribution in [0.25, 0.3) is 0 Å². The van der Waals surface area contributed by atoms with Gasteiger partial charge in [0.2, 0.25) is 0 Å². The highest BCUT2D eigenvalue weighted by Crippen LogP contribution is 2.31. The van der Waals surface area contributed by atoms with Gasteiger partial charge in [-0.15, -0.1) is 0 Å². The Kier molecular flexibility index (Phi) is 4.17. The van der Waals surface area contributed by atoms with E-state index >= 15 is 0 Å². The maximum Gasteiger partial charge on any atom is 0.128 e. The fourth-order valence-corrected chi connectivity index (χ4v) is 2.23. The molecule has 0 amide bonds. The van der Waals surface area contributed by atoms with Crippen LogP contribution < -0.4 is 5.32 Å². The minimum atomic E-state index is -0.799. The molecule has 0 spiro atoms. The van der Waals surface area contributed by atoms with Crippen molar-refractivity contribution in [1.29, 1.82) is 0 Å². The van der Waals surface area contributed by atoms with Gasteiger partial charge >= 0.3 is 0 Å². The summed E-state index contributed by atoms with van der Waals surface area (Å²) in [6, 6.07) is 16.1. The summed E-state index contributed by atoms with van der Waals surface area (Å²) in [5.74, 6) is -0.304. The van der Waals surface area contributed by atoms with Crippen LogP contribution in [0.3, 0.4) is 0 Å². The predicted octanol–water partition coefficient (Wildman–Crippen LogP) is 3.54. The van der Waals surface area contributed by atoms with Gasteiger partial charge < -0.3 is 10.4 Å². The fourth-order valence-electron chi connectivity index (χ4n) is 2.23. The van der Waals surface area contributed by atoms with Gasteiger partial charge in [-0.2, -0.15) is 0 Å². The van der Waals surface area contributed by atoms with Gasteiger partial charge in [-0.05, 0) is 24.6 Å². The van der Waals surface area contributed by atoms with Gasteiger partial charge in [0.25, 0.3) is 0 Å². The van der Waals surface area contributed by atoms with E-state index in [1.807, 2.05) is 37.3 Å². The van der Waals surface area contributed by atoms with E-state index in [4.69, 9.17) is 0 Å². The third-order valence-electron chi connectivity index (χ3n) is 3.42. The highest BCUT2D eigenvalue weighted by Gasteiger charge is 2.32. The molecular weight excluding hydrogens is 241 g/mol. The van der Waals surface area contributed by atoms with Crippen molar-refractivity contribution in [2.24, 2.45) is 0 Å². The van der Waals surface area contributed by atoms with Crippen LogP contribution in [-0.2, 0) is 5.54 Å². The Morgan fingerprint density at radius 3 is 2.26 bits per heavy atom. The molecule has 1 atom stereocenters. The quantitative estimate of drug-likeness (QED) is 0.861. The predicted molar refractivity (Wildman–Crippen MR) is 75.5 cm³/mol. The highest BCUT2D eigenvalue weighted by atomic mass is 19.1. The summed E-state index contributed by atoms with van der Waals surface area (Å²) in [5, 5.41) is 13.0. The summed E-state index contributed by atoms with van der Waals surface area (Å²) in [5.41, 5.74) is 0.553. The molecule has 0 fully saturated rings. The molecule has 2 aromatic carbocycles. The molecule has 3 heteroatoms. The average molecular weight is 259 g/mol. The Balaban J connectivity index is 2.41. The second kappa shape index (κ2) is 5.85. The largest absolute Gasteiger partial charge is 0.394 e. The number of rotatable bonds is 5. The standard InChI is InChI=1S/C16H18FNO/c1-2-16(12-19,14-10-6-7-11-15(14)17)18-13-8-4-3-5-9-13/h3-11,18-19H,2,12H2,1H3. The first-order valence-electron chi connectivity index (χ1n) is 6.41. The van der Waals surface area contributed by atoms with Gasteiger partial charge in [-0.25, -0.2) is 4.39 Å². The number of benzene rings is 2. The number of hydrogen-bond acceptors (Lipinski definition) is 2. The molecule has 1 unspecified atom stereocenters. The van der Waals surface area contributed by atoms with E-state index in [2.05, 4.69) is 5.32 Å². The maximum absolute atomic E-state index is 14.0. The van der Waals surface area contributed by atoms with Crippen molar-refractivity contribution in [2.75, 3.05) is 11.9 Å². The smallest absolute Gasteiger partial charge is 0.128 e. The summed E-state index contributed by atoms with van der Waals surface area (Å²) in [6.45, 7) is 1.76. The van der Waals surface area contributed by atoms with Crippen LogP contribution >= 0.6 is 0 Å². The zero-order valence-electron chi connectivity index (χ0n) is 10.9. The topological polar surface area (TPSA) is 32.3 Å². The van der Waals surface area contributed by atoms with Crippen molar-refractivity contribution in [1.82, 2.24) is 0 Å². The maximum atomic E-state index is 14.0. The lowest BCUT2D eigenvalue weighted by molar-refractivity contribution is 0.204. The van der Waals surface area contributed by atoms with Crippen LogP contribution in [0.2, 0.25) is 0 Å². The monoisotopic (exact) mass is 259 g/mol. The summed E-state index contributed by atoms with van der Waals surface area (Å²) in [6.07, 6.45) is 0.583. The average Bonchev–Trinajstić information content (AvgIpc) is 2.47. The van der Waals surface area contributed by atoms with Gasteiger partial charge in [0.05, 0.1) is 12.1 Å². The minimum Gasteiger partial charge on any atom is -0.394 e. The molecular formula is C16H18FNO. The minimum absolute atomic E-state index is 0.167. The molecule has 0 aromatic heterocycles. The normalized spacial score (nSPS) is 13.8. The summed E-state index contributed by atoms with van der Waals surface area (Å²) < 4.78 is 14.0. The Morgan fingerprint density at radius 1 is 1.05 bits per heavy atom. The summed E-state index contributed by atoms with van der Waals surface area (Å²) in [4.78, 5) is 0. The molecule has 2 N–H and O–H groups in total. The fraction of sp³-hybridized carbons (Fsp3) is 0.250. The van der Waals surface area contributed by atoms with Gasteiger partial charge in [-0.3, -0.25) is 0 Å². The number of anilines is 1. The number of hydrogen-bond donors (Lipinski definition) is 2. The molecule has 0 aliphatic heterocycles. The molecule has 0 aliphatic rings. The van der Waals surface area contributed by atoms with Crippen LogP contribution in [0.4, 0.5) is 10.1 Å². The van der Waals surface area contributed by atoms with Crippen LogP contribution in [0.1, 0.15) is 18.9 Å². The van der Waals surface area contributed by atoms with E-state index in [0.29, 0.717) is 12.0 Å². The van der Waals surface area contributed by atoms with Gasteiger partial charge in [0.1, 0.15) is 5.82 Å². The van der Waals surface area contributed by atoms with E-state index in [9.17, 15) is 9.50 Å². The highest BCUT2D eigenvalue weighted by molar-refractivity contribution is 5.48. The van der Waals surface area contributed by atoms with E-state index in [-0.39, 0.29) is 12.4 Å². The summed E-state index contributed by atoms with van der Waals surface area (Å²) in [7, 11) is 0. The molecule has 2 aromatic rings. The molecule has 2 rings (SSSR count). The van der Waals surface area contributed by atoms with Crippen molar-refractivity contribution in [3.05, 3.63) is 66.0 Å². The molecule has 0 radical (unpaired) electrons. The second-order valence-corrected chi connectivity index (χ2v) is 4.56. The molecule has 19 heavy (non-hydrogen) atoms. The Hall–Kier alpha value is -1.87. The number of aliphatic hydroxyl groups is 1. The number of aliphatic hydroxyl groups excluding tert-OH is 1. The van der Waals surface area contributed by atoms with E-state index < -0.39 is 5.54 Å². The zero-order valence-corrected chi connectivity index (χ0v) is 10.9. The van der Waals surface area contributed by atoms with Gasteiger partial charge in [0.15, 0.2) is 0 Å². The number of nitrogens with one attached hydrogen (secondary N) is 1. The molecule has 0 bridgehead atoms. The molecule has 2 nitrogen and oxygen atoms in total. The third-order valence-corrected chi connectivity index (χ3v) is 3.42.